The molecule has 1 aromatic carbocycles. The van der Waals surface area contributed by atoms with Crippen molar-refractivity contribution in [1.82, 2.24) is 20.5 Å². The summed E-state index contributed by atoms with van der Waals surface area (Å²) in [5, 5.41) is 10.2. The molecule has 30 heavy (non-hydrogen) atoms. The van der Waals surface area contributed by atoms with E-state index in [9.17, 15) is 22.8 Å². The Hall–Kier alpha value is -3.27. The number of alkyl halides is 3. The lowest BCUT2D eigenvalue weighted by molar-refractivity contribution is -0.137. The van der Waals surface area contributed by atoms with Crippen LogP contribution in [0.25, 0.3) is 10.8 Å². The third-order valence-electron chi connectivity index (χ3n) is 5.38. The summed E-state index contributed by atoms with van der Waals surface area (Å²) in [6.07, 6.45) is -2.46. The van der Waals surface area contributed by atoms with Crippen LogP contribution >= 0.6 is 0 Å². The highest BCUT2D eigenvalue weighted by molar-refractivity contribution is 5.93. The summed E-state index contributed by atoms with van der Waals surface area (Å²) in [7, 11) is 0. The first-order valence-electron chi connectivity index (χ1n) is 9.27. The second-order valence-corrected chi connectivity index (χ2v) is 7.26. The molecule has 0 atom stereocenters. The summed E-state index contributed by atoms with van der Waals surface area (Å²) in [5.41, 5.74) is 5.39. The molecular weight excluding hydrogens is 399 g/mol. The number of hydrogen-bond donors (Lipinski definition) is 3. The number of aromatic amines is 1. The first-order chi connectivity index (χ1) is 14.2. The van der Waals surface area contributed by atoms with E-state index in [-0.39, 0.29) is 24.6 Å². The van der Waals surface area contributed by atoms with Gasteiger partial charge >= 0.3 is 6.18 Å². The predicted octanol–water partition coefficient (Wildman–Crippen LogP) is 2.14. The van der Waals surface area contributed by atoms with Crippen LogP contribution in [0.15, 0.2) is 41.3 Å². The minimum Gasteiger partial charge on any atom is -0.350 e. The van der Waals surface area contributed by atoms with Crippen LogP contribution in [0.4, 0.5) is 13.2 Å². The highest BCUT2D eigenvalue weighted by Gasteiger charge is 2.51. The Kier molecular flexibility index (Phi) is 4.81. The fourth-order valence-corrected chi connectivity index (χ4v) is 3.48. The van der Waals surface area contributed by atoms with E-state index in [2.05, 4.69) is 20.5 Å². The van der Waals surface area contributed by atoms with Crippen LogP contribution < -0.4 is 16.6 Å². The maximum absolute atomic E-state index is 12.9. The number of nitrogens with two attached hydrogens (primary N) is 1. The number of carbonyl (C=O) groups is 1. The fourth-order valence-electron chi connectivity index (χ4n) is 3.48. The summed E-state index contributed by atoms with van der Waals surface area (Å²) in [6.45, 7) is 0.150. The van der Waals surface area contributed by atoms with E-state index >= 15 is 0 Å². The lowest BCUT2D eigenvalue weighted by Gasteiger charge is -2.17. The molecule has 1 amide bonds. The SMILES string of the molecule is NCc1n[nH]c(=O)c2ccc(C3(C(=O)NCc4ccc(C(F)(F)F)cn4)CC3)cc12. The molecule has 0 saturated heterocycles. The topological polar surface area (TPSA) is 114 Å². The Labute approximate surface area is 168 Å². The number of aromatic nitrogens is 3. The number of nitrogens with one attached hydrogen (secondary N) is 2. The third kappa shape index (κ3) is 3.54. The zero-order valence-corrected chi connectivity index (χ0v) is 15.7. The van der Waals surface area contributed by atoms with E-state index < -0.39 is 17.2 Å². The van der Waals surface area contributed by atoms with E-state index in [0.717, 1.165) is 17.8 Å². The number of carbonyl (C=O) groups excluding carboxylic acids is 1. The average Bonchev–Trinajstić information content (AvgIpc) is 3.54. The van der Waals surface area contributed by atoms with Gasteiger partial charge in [-0.2, -0.15) is 18.3 Å². The smallest absolute Gasteiger partial charge is 0.350 e. The van der Waals surface area contributed by atoms with E-state index in [1.54, 1.807) is 18.2 Å². The van der Waals surface area contributed by atoms with Crippen molar-refractivity contribution in [2.24, 2.45) is 5.73 Å². The van der Waals surface area contributed by atoms with Crippen molar-refractivity contribution in [2.75, 3.05) is 0 Å². The molecule has 2 aromatic heterocycles. The molecule has 1 saturated carbocycles. The lowest BCUT2D eigenvalue weighted by atomic mass is 9.92. The molecule has 1 fully saturated rings. The van der Waals surface area contributed by atoms with Gasteiger partial charge in [-0.1, -0.05) is 6.07 Å². The van der Waals surface area contributed by atoms with Crippen molar-refractivity contribution in [3.8, 4) is 0 Å². The Morgan fingerprint density at radius 3 is 2.57 bits per heavy atom. The molecule has 0 bridgehead atoms. The summed E-state index contributed by atoms with van der Waals surface area (Å²) in [5.74, 6) is -0.240. The van der Waals surface area contributed by atoms with E-state index in [1.165, 1.54) is 6.07 Å². The van der Waals surface area contributed by atoms with Crippen LogP contribution in [0, 0.1) is 0 Å². The van der Waals surface area contributed by atoms with Gasteiger partial charge in [-0.15, -0.1) is 0 Å². The molecular formula is C20H18F3N5O2. The summed E-state index contributed by atoms with van der Waals surface area (Å²) in [6, 6.07) is 7.33. The Morgan fingerprint density at radius 1 is 1.20 bits per heavy atom. The van der Waals surface area contributed by atoms with E-state index in [4.69, 9.17) is 5.73 Å². The summed E-state index contributed by atoms with van der Waals surface area (Å²) < 4.78 is 37.9. The largest absolute Gasteiger partial charge is 0.417 e. The molecule has 4 rings (SSSR count). The Morgan fingerprint density at radius 2 is 1.97 bits per heavy atom. The van der Waals surface area contributed by atoms with Gasteiger partial charge in [0.15, 0.2) is 0 Å². The monoisotopic (exact) mass is 417 g/mol. The molecule has 0 aliphatic heterocycles. The number of amides is 1. The molecule has 2 heterocycles. The van der Waals surface area contributed by atoms with Crippen LogP contribution in [0.5, 0.6) is 0 Å². The molecule has 156 valence electrons. The van der Waals surface area contributed by atoms with Crippen LogP contribution in [-0.2, 0) is 29.5 Å². The summed E-state index contributed by atoms with van der Waals surface area (Å²) >= 11 is 0. The van der Waals surface area contributed by atoms with Gasteiger partial charge in [-0.25, -0.2) is 5.10 Å². The van der Waals surface area contributed by atoms with Gasteiger partial charge in [0.2, 0.25) is 5.91 Å². The maximum atomic E-state index is 12.9. The highest BCUT2D eigenvalue weighted by atomic mass is 19.4. The fraction of sp³-hybridized carbons (Fsp3) is 0.300. The molecule has 1 aliphatic carbocycles. The van der Waals surface area contributed by atoms with Crippen LogP contribution in [-0.4, -0.2) is 21.1 Å². The predicted molar refractivity (Wildman–Crippen MR) is 102 cm³/mol. The quantitative estimate of drug-likeness (QED) is 0.589. The average molecular weight is 417 g/mol. The molecule has 10 heteroatoms. The van der Waals surface area contributed by atoms with Gasteiger partial charge < -0.3 is 11.1 Å². The number of rotatable bonds is 5. The van der Waals surface area contributed by atoms with Crippen molar-refractivity contribution in [2.45, 2.75) is 37.5 Å². The molecule has 0 spiro atoms. The molecule has 4 N–H and O–H groups in total. The highest BCUT2D eigenvalue weighted by Crippen LogP contribution is 2.49. The number of fused-ring (bicyclic) bond motifs is 1. The molecule has 7 nitrogen and oxygen atoms in total. The number of H-pyrrole nitrogens is 1. The first kappa shape index (κ1) is 20.0. The van der Waals surface area contributed by atoms with Gasteiger partial charge in [-0.3, -0.25) is 14.6 Å². The minimum absolute atomic E-state index is 0.0155. The van der Waals surface area contributed by atoms with Crippen molar-refractivity contribution in [3.05, 3.63) is 69.4 Å². The lowest BCUT2D eigenvalue weighted by Crippen LogP contribution is -2.34. The minimum atomic E-state index is -4.46. The van der Waals surface area contributed by atoms with Crippen LogP contribution in [0.1, 0.15) is 35.4 Å². The number of benzene rings is 1. The number of halogens is 3. The van der Waals surface area contributed by atoms with Crippen molar-refractivity contribution in [3.63, 3.8) is 0 Å². The third-order valence-corrected chi connectivity index (χ3v) is 5.38. The van der Waals surface area contributed by atoms with Gasteiger partial charge in [0.25, 0.3) is 5.56 Å². The molecule has 0 radical (unpaired) electrons. The van der Waals surface area contributed by atoms with Crippen molar-refractivity contribution >= 4 is 16.7 Å². The van der Waals surface area contributed by atoms with Gasteiger partial charge in [0, 0.05) is 18.1 Å². The van der Waals surface area contributed by atoms with Gasteiger partial charge in [0.05, 0.1) is 34.3 Å². The second-order valence-electron chi connectivity index (χ2n) is 7.26. The molecule has 1 aliphatic rings. The first-order valence-corrected chi connectivity index (χ1v) is 9.27. The van der Waals surface area contributed by atoms with Gasteiger partial charge in [0.1, 0.15) is 0 Å². The van der Waals surface area contributed by atoms with E-state index in [1.807, 2.05) is 0 Å². The zero-order valence-electron chi connectivity index (χ0n) is 15.7. The molecule has 3 aromatic rings. The van der Waals surface area contributed by atoms with Crippen LogP contribution in [0.2, 0.25) is 0 Å². The second kappa shape index (κ2) is 7.21. The normalized spacial score (nSPS) is 15.2. The number of hydrogen-bond acceptors (Lipinski definition) is 5. The number of nitrogens with zero attached hydrogens (tertiary/aromatic N) is 2. The van der Waals surface area contributed by atoms with Crippen molar-refractivity contribution < 1.29 is 18.0 Å². The summed E-state index contributed by atoms with van der Waals surface area (Å²) in [4.78, 5) is 28.6. The van der Waals surface area contributed by atoms with Crippen LogP contribution in [0.3, 0.4) is 0 Å². The van der Waals surface area contributed by atoms with E-state index in [0.29, 0.717) is 35.0 Å². The van der Waals surface area contributed by atoms with Gasteiger partial charge in [-0.05, 0) is 42.7 Å². The Bertz CT molecular complexity index is 1170. The zero-order chi connectivity index (χ0) is 21.5. The maximum Gasteiger partial charge on any atom is 0.417 e. The molecule has 0 unspecified atom stereocenters. The Balaban J connectivity index is 1.54. The number of pyridine rings is 1. The standard InChI is InChI=1S/C20H18F3N5O2/c21-20(22,23)12-1-3-13(25-9-12)10-26-18(30)19(5-6-19)11-2-4-14-15(7-11)16(8-24)27-28-17(14)29/h1-4,7,9H,5-6,8,10,24H2,(H,26,30)(H,28,29). The van der Waals surface area contributed by atoms with Crippen molar-refractivity contribution in [1.29, 1.82) is 0 Å².